The standard InChI is InChI=1S/C13H14N4O.C7H8F3N3O/c14-13-12(5-2-6-15-13)16-8-10-3-1-4-11(7-10)17-9-18;1-4-6(11)13-5(2-12-4)14-3-7(8,9)10/h1-7,9,16H,8H2,(H2,14,15)(H,17,18);2H,3H2,1H3,(H2,11,13). The fourth-order valence-corrected chi connectivity index (χ4v) is 2.28. The lowest BCUT2D eigenvalue weighted by Gasteiger charge is -2.09. The number of halogens is 3. The van der Waals surface area contributed by atoms with E-state index < -0.39 is 12.8 Å². The van der Waals surface area contributed by atoms with E-state index in [4.69, 9.17) is 11.5 Å². The van der Waals surface area contributed by atoms with Crippen LogP contribution in [-0.4, -0.2) is 34.1 Å². The van der Waals surface area contributed by atoms with Crippen LogP contribution in [-0.2, 0) is 11.3 Å². The van der Waals surface area contributed by atoms with Crippen LogP contribution in [0.1, 0.15) is 11.3 Å². The molecule has 0 aliphatic heterocycles. The molecular formula is C20H22F3N7O2. The Morgan fingerprint density at radius 2 is 1.91 bits per heavy atom. The second-order valence-corrected chi connectivity index (χ2v) is 6.34. The Morgan fingerprint density at radius 1 is 1.12 bits per heavy atom. The Hall–Kier alpha value is -4.09. The van der Waals surface area contributed by atoms with Gasteiger partial charge in [0, 0.05) is 18.4 Å². The van der Waals surface area contributed by atoms with E-state index in [1.54, 1.807) is 13.1 Å². The van der Waals surface area contributed by atoms with Crippen LogP contribution < -0.4 is 26.8 Å². The van der Waals surface area contributed by atoms with Crippen LogP contribution >= 0.6 is 0 Å². The second kappa shape index (κ2) is 11.3. The smallest absolute Gasteiger partial charge is 0.422 e. The zero-order valence-electron chi connectivity index (χ0n) is 17.1. The van der Waals surface area contributed by atoms with Gasteiger partial charge in [-0.05, 0) is 36.8 Å². The first-order valence-corrected chi connectivity index (χ1v) is 9.20. The van der Waals surface area contributed by atoms with E-state index in [0.717, 1.165) is 23.1 Å². The summed E-state index contributed by atoms with van der Waals surface area (Å²) in [6, 6.07) is 11.3. The highest BCUT2D eigenvalue weighted by Gasteiger charge is 2.28. The highest BCUT2D eigenvalue weighted by Crippen LogP contribution is 2.18. The Bertz CT molecular complexity index is 1030. The highest BCUT2D eigenvalue weighted by molar-refractivity contribution is 5.71. The summed E-state index contributed by atoms with van der Waals surface area (Å²) in [4.78, 5) is 21.6. The van der Waals surface area contributed by atoms with E-state index in [2.05, 4.69) is 30.3 Å². The average Bonchev–Trinajstić information content (AvgIpc) is 2.74. The summed E-state index contributed by atoms with van der Waals surface area (Å²) in [5.74, 6) is 0.301. The van der Waals surface area contributed by atoms with Gasteiger partial charge in [0.05, 0.1) is 17.6 Å². The molecule has 2 heterocycles. The number of nitrogens with zero attached hydrogens (tertiary/aromatic N) is 3. The molecule has 0 spiro atoms. The van der Waals surface area contributed by atoms with Crippen molar-refractivity contribution >= 4 is 29.4 Å². The Labute approximate surface area is 182 Å². The molecule has 170 valence electrons. The maximum Gasteiger partial charge on any atom is 0.422 e. The number of anilines is 4. The maximum atomic E-state index is 11.7. The van der Waals surface area contributed by atoms with E-state index in [1.807, 2.05) is 36.4 Å². The van der Waals surface area contributed by atoms with Gasteiger partial charge in [0.25, 0.3) is 0 Å². The molecule has 0 unspecified atom stereocenters. The number of aromatic nitrogens is 3. The molecule has 6 N–H and O–H groups in total. The van der Waals surface area contributed by atoms with E-state index in [9.17, 15) is 18.0 Å². The number of rotatable bonds is 7. The quantitative estimate of drug-likeness (QED) is 0.403. The van der Waals surface area contributed by atoms with E-state index in [1.165, 1.54) is 0 Å². The molecule has 0 saturated carbocycles. The monoisotopic (exact) mass is 449 g/mol. The SMILES string of the molecule is Cc1ncc(OCC(F)(F)F)nc1N.Nc1ncccc1NCc1cccc(NC=O)c1. The molecule has 0 aliphatic rings. The topological polar surface area (TPSA) is 141 Å². The van der Waals surface area contributed by atoms with Crippen LogP contribution in [0.15, 0.2) is 48.8 Å². The number of carbonyl (C=O) groups is 1. The van der Waals surface area contributed by atoms with Crippen LogP contribution in [0.4, 0.5) is 36.2 Å². The molecule has 0 saturated heterocycles. The van der Waals surface area contributed by atoms with Gasteiger partial charge >= 0.3 is 6.18 Å². The fourth-order valence-electron chi connectivity index (χ4n) is 2.28. The molecule has 0 atom stereocenters. The van der Waals surface area contributed by atoms with Crippen molar-refractivity contribution in [3.05, 3.63) is 60.0 Å². The highest BCUT2D eigenvalue weighted by atomic mass is 19.4. The third-order valence-corrected chi connectivity index (χ3v) is 3.83. The van der Waals surface area contributed by atoms with Gasteiger partial charge in [-0.15, -0.1) is 0 Å². The molecule has 1 aromatic carbocycles. The number of pyridine rings is 1. The third-order valence-electron chi connectivity index (χ3n) is 3.83. The van der Waals surface area contributed by atoms with Crippen molar-refractivity contribution < 1.29 is 22.7 Å². The normalized spacial score (nSPS) is 10.5. The molecule has 12 heteroatoms. The Kier molecular flexibility index (Phi) is 8.57. The van der Waals surface area contributed by atoms with E-state index >= 15 is 0 Å². The van der Waals surface area contributed by atoms with Gasteiger partial charge in [-0.2, -0.15) is 18.2 Å². The number of carbonyl (C=O) groups excluding carboxylic acids is 1. The van der Waals surface area contributed by atoms with Gasteiger partial charge in [-0.1, -0.05) is 12.1 Å². The molecule has 0 aliphatic carbocycles. The van der Waals surface area contributed by atoms with Crippen LogP contribution in [0, 0.1) is 6.92 Å². The van der Waals surface area contributed by atoms with Crippen molar-refractivity contribution in [2.24, 2.45) is 0 Å². The number of amides is 1. The summed E-state index contributed by atoms with van der Waals surface area (Å²) in [6.45, 7) is 0.810. The molecule has 9 nitrogen and oxygen atoms in total. The van der Waals surface area contributed by atoms with Gasteiger partial charge in [0.1, 0.15) is 11.6 Å². The number of hydrogen-bond donors (Lipinski definition) is 4. The third kappa shape index (κ3) is 8.34. The van der Waals surface area contributed by atoms with E-state index in [-0.39, 0.29) is 11.7 Å². The largest absolute Gasteiger partial charge is 0.467 e. The lowest BCUT2D eigenvalue weighted by Crippen LogP contribution is -2.20. The first-order chi connectivity index (χ1) is 15.2. The zero-order valence-corrected chi connectivity index (χ0v) is 17.1. The number of aryl methyl sites for hydroxylation is 1. The van der Waals surface area contributed by atoms with Gasteiger partial charge < -0.3 is 26.8 Å². The minimum atomic E-state index is -4.39. The molecule has 0 fully saturated rings. The summed E-state index contributed by atoms with van der Waals surface area (Å²) in [6.07, 6.45) is -0.987. The number of nitrogen functional groups attached to an aromatic ring is 2. The van der Waals surface area contributed by atoms with Gasteiger partial charge in [-0.3, -0.25) is 9.78 Å². The maximum absolute atomic E-state index is 11.7. The van der Waals surface area contributed by atoms with Gasteiger partial charge in [0.15, 0.2) is 6.61 Å². The van der Waals surface area contributed by atoms with Gasteiger partial charge in [0.2, 0.25) is 12.3 Å². The summed E-state index contributed by atoms with van der Waals surface area (Å²) in [5, 5.41) is 5.81. The lowest BCUT2D eigenvalue weighted by atomic mass is 10.2. The van der Waals surface area contributed by atoms with Crippen molar-refractivity contribution in [3.8, 4) is 5.88 Å². The predicted octanol–water partition coefficient (Wildman–Crippen LogP) is 3.15. The molecule has 0 bridgehead atoms. The number of nitrogens with one attached hydrogen (secondary N) is 2. The minimum absolute atomic E-state index is 0.0599. The first kappa shape index (κ1) is 24.2. The second-order valence-electron chi connectivity index (χ2n) is 6.34. The molecular weight excluding hydrogens is 427 g/mol. The molecule has 1 amide bonds. The number of hydrogen-bond acceptors (Lipinski definition) is 8. The molecule has 3 aromatic rings. The van der Waals surface area contributed by atoms with Crippen LogP contribution in [0.3, 0.4) is 0 Å². The molecule has 2 aromatic heterocycles. The number of benzene rings is 1. The number of nitrogens with two attached hydrogens (primary N) is 2. The van der Waals surface area contributed by atoms with Crippen LogP contribution in [0.5, 0.6) is 5.88 Å². The van der Waals surface area contributed by atoms with Crippen molar-refractivity contribution in [3.63, 3.8) is 0 Å². The first-order valence-electron chi connectivity index (χ1n) is 9.20. The predicted molar refractivity (Wildman–Crippen MR) is 115 cm³/mol. The van der Waals surface area contributed by atoms with Crippen LogP contribution in [0.2, 0.25) is 0 Å². The molecule has 0 radical (unpaired) electrons. The van der Waals surface area contributed by atoms with E-state index in [0.29, 0.717) is 24.5 Å². The fraction of sp³-hybridized carbons (Fsp3) is 0.200. The summed E-state index contributed by atoms with van der Waals surface area (Å²) in [7, 11) is 0. The van der Waals surface area contributed by atoms with Crippen molar-refractivity contribution in [1.29, 1.82) is 0 Å². The minimum Gasteiger partial charge on any atom is -0.467 e. The molecule has 32 heavy (non-hydrogen) atoms. The van der Waals surface area contributed by atoms with Crippen molar-refractivity contribution in [2.75, 3.05) is 28.7 Å². The van der Waals surface area contributed by atoms with Crippen molar-refractivity contribution in [2.45, 2.75) is 19.6 Å². The Balaban J connectivity index is 0.000000235. The lowest BCUT2D eigenvalue weighted by molar-refractivity contribution is -0.154. The van der Waals surface area contributed by atoms with Crippen LogP contribution in [0.25, 0.3) is 0 Å². The Morgan fingerprint density at radius 3 is 2.56 bits per heavy atom. The summed E-state index contributed by atoms with van der Waals surface area (Å²) >= 11 is 0. The average molecular weight is 449 g/mol. The number of alkyl halides is 3. The zero-order chi connectivity index (χ0) is 23.6. The number of ether oxygens (including phenoxy) is 1. The summed E-state index contributed by atoms with van der Waals surface area (Å²) < 4.78 is 39.5. The summed E-state index contributed by atoms with van der Waals surface area (Å²) in [5.41, 5.74) is 14.1. The van der Waals surface area contributed by atoms with Gasteiger partial charge in [-0.25, -0.2) is 4.98 Å². The molecule has 3 rings (SSSR count). The van der Waals surface area contributed by atoms with Crippen molar-refractivity contribution in [1.82, 2.24) is 15.0 Å².